The number of aromatic nitrogens is 2. The van der Waals surface area contributed by atoms with Gasteiger partial charge in [0.2, 0.25) is 0 Å². The van der Waals surface area contributed by atoms with Crippen LogP contribution in [0.5, 0.6) is 0 Å². The van der Waals surface area contributed by atoms with E-state index < -0.39 is 42.7 Å². The second-order valence-corrected chi connectivity index (χ2v) is 12.5. The summed E-state index contributed by atoms with van der Waals surface area (Å²) in [6, 6.07) is 0. The van der Waals surface area contributed by atoms with Gasteiger partial charge in [0.1, 0.15) is 12.2 Å². The van der Waals surface area contributed by atoms with Crippen molar-refractivity contribution < 1.29 is 14.9 Å². The highest BCUT2D eigenvalue weighted by molar-refractivity contribution is 7.72. The largest absolute Gasteiger partial charge is 0.388 e. The van der Waals surface area contributed by atoms with Gasteiger partial charge in [-0.05, 0) is 39.8 Å². The minimum Gasteiger partial charge on any atom is -0.388 e. The second-order valence-electron chi connectivity index (χ2n) is 8.23. The SMILES string of the molecule is C=P(C)(C)CCC1OC(n2cc(CNCC=C(C)C)c(=O)[nH]c2=O)[C@H](O)[C@@H]1O. The number of nitrogens with one attached hydrogen (secondary N) is 2. The standard InChI is InChI=1S/C19H32N3O5P/c1-12(2)6-8-20-10-13-11-22(19(26)21-17(13)25)18-16(24)15(23)14(27-18)7-9-28(3,4)5/h6,11,14-16,18,20,23-24H,3,7-10H2,1-2,4-5H3,(H,21,25,26)/t14?,15-,16-,18?/m1/s1. The predicted octanol–water partition coefficient (Wildman–Crippen LogP) is 0.311. The van der Waals surface area contributed by atoms with Gasteiger partial charge >= 0.3 is 5.69 Å². The third-order valence-corrected chi connectivity index (χ3v) is 6.11. The molecule has 1 aromatic rings. The molecule has 28 heavy (non-hydrogen) atoms. The number of nitrogens with zero attached hydrogens (tertiary/aromatic N) is 1. The van der Waals surface area contributed by atoms with E-state index in [0.29, 0.717) is 18.5 Å². The Morgan fingerprint density at radius 1 is 1.36 bits per heavy atom. The Morgan fingerprint density at radius 2 is 2.04 bits per heavy atom. The Morgan fingerprint density at radius 3 is 2.64 bits per heavy atom. The van der Waals surface area contributed by atoms with Gasteiger partial charge in [0.05, 0.1) is 6.10 Å². The van der Waals surface area contributed by atoms with E-state index in [1.807, 2.05) is 19.9 Å². The number of aromatic amines is 1. The molecule has 158 valence electrons. The molecule has 4 N–H and O–H groups in total. The molecular weight excluding hydrogens is 381 g/mol. The number of rotatable bonds is 8. The molecule has 4 atom stereocenters. The summed E-state index contributed by atoms with van der Waals surface area (Å²) >= 11 is 0. The summed E-state index contributed by atoms with van der Waals surface area (Å²) in [5, 5.41) is 23.9. The van der Waals surface area contributed by atoms with Crippen LogP contribution in [0.3, 0.4) is 0 Å². The van der Waals surface area contributed by atoms with E-state index in [0.717, 1.165) is 16.3 Å². The maximum Gasteiger partial charge on any atom is 0.330 e. The highest BCUT2D eigenvalue weighted by atomic mass is 31.2. The molecule has 0 bridgehead atoms. The Balaban J connectivity index is 2.18. The highest BCUT2D eigenvalue weighted by Crippen LogP contribution is 2.39. The number of aliphatic hydroxyl groups excluding tert-OH is 2. The average Bonchev–Trinajstić information content (AvgIpc) is 2.86. The van der Waals surface area contributed by atoms with Crippen LogP contribution in [0.15, 0.2) is 27.4 Å². The van der Waals surface area contributed by atoms with Crippen LogP contribution in [0.25, 0.3) is 0 Å². The number of allylic oxidation sites excluding steroid dienone is 1. The number of H-pyrrole nitrogens is 1. The first-order chi connectivity index (χ1) is 13.0. The number of aliphatic hydroxyl groups is 2. The number of hydrogen-bond donors (Lipinski definition) is 4. The van der Waals surface area contributed by atoms with Gasteiger partial charge in [-0.1, -0.05) is 11.6 Å². The lowest BCUT2D eigenvalue weighted by atomic mass is 10.1. The molecule has 2 unspecified atom stereocenters. The molecule has 8 nitrogen and oxygen atoms in total. The summed E-state index contributed by atoms with van der Waals surface area (Å²) in [5.74, 6) is 0. The fourth-order valence-corrected chi connectivity index (χ4v) is 3.95. The first-order valence-electron chi connectivity index (χ1n) is 9.37. The Hall–Kier alpha value is -1.44. The quantitative estimate of drug-likeness (QED) is 0.277. The molecule has 1 saturated heterocycles. The van der Waals surface area contributed by atoms with Crippen LogP contribution < -0.4 is 16.6 Å². The predicted molar refractivity (Wildman–Crippen MR) is 114 cm³/mol. The van der Waals surface area contributed by atoms with Crippen molar-refractivity contribution in [1.29, 1.82) is 0 Å². The fraction of sp³-hybridized carbons (Fsp3) is 0.632. The van der Waals surface area contributed by atoms with Gasteiger partial charge in [0, 0.05) is 24.8 Å². The van der Waals surface area contributed by atoms with Gasteiger partial charge in [-0.2, -0.15) is 0 Å². The molecule has 2 heterocycles. The summed E-state index contributed by atoms with van der Waals surface area (Å²) in [4.78, 5) is 26.6. The van der Waals surface area contributed by atoms with Crippen molar-refractivity contribution >= 4 is 13.2 Å². The van der Waals surface area contributed by atoms with Crippen molar-refractivity contribution in [1.82, 2.24) is 14.9 Å². The first kappa shape index (κ1) is 22.8. The van der Waals surface area contributed by atoms with Crippen molar-refractivity contribution in [3.05, 3.63) is 44.2 Å². The zero-order valence-electron chi connectivity index (χ0n) is 17.0. The lowest BCUT2D eigenvalue weighted by molar-refractivity contribution is -0.0404. The molecule has 0 saturated carbocycles. The minimum atomic E-state index is -1.30. The van der Waals surface area contributed by atoms with Crippen molar-refractivity contribution in [2.75, 3.05) is 26.0 Å². The van der Waals surface area contributed by atoms with Gasteiger partial charge in [-0.15, -0.1) is 13.2 Å². The minimum absolute atomic E-state index is 0.258. The summed E-state index contributed by atoms with van der Waals surface area (Å²) in [7, 11) is 0. The number of ether oxygens (including phenoxy) is 1. The van der Waals surface area contributed by atoms with E-state index in [1.54, 1.807) is 0 Å². The normalized spacial score (nSPS) is 25.1. The van der Waals surface area contributed by atoms with Crippen molar-refractivity contribution in [3.63, 3.8) is 0 Å². The molecule has 1 fully saturated rings. The zero-order chi connectivity index (χ0) is 21.1. The maximum absolute atomic E-state index is 12.3. The van der Waals surface area contributed by atoms with Crippen molar-refractivity contribution in [2.45, 2.75) is 51.4 Å². The molecule has 0 spiro atoms. The monoisotopic (exact) mass is 413 g/mol. The lowest BCUT2D eigenvalue weighted by Gasteiger charge is -2.19. The van der Waals surface area contributed by atoms with E-state index in [1.165, 1.54) is 6.20 Å². The average molecular weight is 413 g/mol. The van der Waals surface area contributed by atoms with E-state index >= 15 is 0 Å². The molecule has 1 aliphatic heterocycles. The topological polar surface area (TPSA) is 117 Å². The van der Waals surface area contributed by atoms with Crippen LogP contribution in [0, 0.1) is 0 Å². The smallest absolute Gasteiger partial charge is 0.330 e. The zero-order valence-corrected chi connectivity index (χ0v) is 17.9. The van der Waals surface area contributed by atoms with E-state index in [2.05, 4.69) is 29.9 Å². The molecule has 0 aromatic carbocycles. The summed E-state index contributed by atoms with van der Waals surface area (Å²) in [6.45, 7) is 7.68. The van der Waals surface area contributed by atoms with Crippen LogP contribution in [0.1, 0.15) is 32.1 Å². The molecule has 2 rings (SSSR count). The van der Waals surface area contributed by atoms with Gasteiger partial charge in [0.15, 0.2) is 6.23 Å². The molecule has 1 aliphatic rings. The van der Waals surface area contributed by atoms with Gasteiger partial charge in [-0.25, -0.2) is 4.79 Å². The van der Waals surface area contributed by atoms with Crippen molar-refractivity contribution in [2.24, 2.45) is 0 Å². The van der Waals surface area contributed by atoms with Crippen LogP contribution in [0.2, 0.25) is 0 Å². The first-order valence-corrected chi connectivity index (χ1v) is 12.4. The highest BCUT2D eigenvalue weighted by Gasteiger charge is 2.43. The second kappa shape index (κ2) is 9.37. The summed E-state index contributed by atoms with van der Waals surface area (Å²) in [6.07, 6.45) is 4.87. The Bertz CT molecular complexity index is 865. The Kier molecular flexibility index (Phi) is 7.65. The third-order valence-electron chi connectivity index (χ3n) is 4.64. The van der Waals surface area contributed by atoms with E-state index in [9.17, 15) is 19.8 Å². The van der Waals surface area contributed by atoms with Crippen LogP contribution in [-0.4, -0.2) is 70.4 Å². The fourth-order valence-electron chi connectivity index (χ4n) is 3.00. The third kappa shape index (κ3) is 6.03. The van der Waals surface area contributed by atoms with Crippen LogP contribution >= 0.6 is 6.89 Å². The van der Waals surface area contributed by atoms with Gasteiger partial charge in [0.25, 0.3) is 5.56 Å². The van der Waals surface area contributed by atoms with E-state index in [4.69, 9.17) is 4.74 Å². The molecule has 9 heteroatoms. The van der Waals surface area contributed by atoms with Gasteiger partial charge < -0.3 is 20.3 Å². The number of hydrogen-bond acceptors (Lipinski definition) is 6. The van der Waals surface area contributed by atoms with Crippen molar-refractivity contribution in [3.8, 4) is 0 Å². The molecular formula is C19H32N3O5P. The maximum atomic E-state index is 12.3. The summed E-state index contributed by atoms with van der Waals surface area (Å²) < 4.78 is 6.95. The molecule has 0 radical (unpaired) electrons. The van der Waals surface area contributed by atoms with Crippen LogP contribution in [-0.2, 0) is 11.3 Å². The molecule has 0 amide bonds. The van der Waals surface area contributed by atoms with E-state index in [-0.39, 0.29) is 6.54 Å². The lowest BCUT2D eigenvalue weighted by Crippen LogP contribution is -2.39. The molecule has 0 aliphatic carbocycles. The summed E-state index contributed by atoms with van der Waals surface area (Å²) in [5.41, 5.74) is 0.334. The molecule has 1 aromatic heterocycles. The van der Waals surface area contributed by atoms with Gasteiger partial charge in [-0.3, -0.25) is 14.3 Å². The Labute approximate surface area is 165 Å². The van der Waals surface area contributed by atoms with Crippen LogP contribution in [0.4, 0.5) is 0 Å².